The average Bonchev–Trinajstić information content (AvgIpc) is 2.19. The molecule has 0 radical (unpaired) electrons. The van der Waals surface area contributed by atoms with Gasteiger partial charge in [0.2, 0.25) is 0 Å². The van der Waals surface area contributed by atoms with E-state index in [-0.39, 0.29) is 0 Å². The number of β-amino-alcohol motifs (C(OH)–C–C–N with tert-alkyl or cyclic N) is 1. The van der Waals surface area contributed by atoms with Crippen LogP contribution in [0.25, 0.3) is 0 Å². The second-order valence-corrected chi connectivity index (χ2v) is 4.76. The van der Waals surface area contributed by atoms with Gasteiger partial charge in [0.15, 0.2) is 0 Å². The zero-order valence-electron chi connectivity index (χ0n) is 8.91. The quantitative estimate of drug-likeness (QED) is 0.679. The van der Waals surface area contributed by atoms with Gasteiger partial charge in [-0.05, 0) is 38.6 Å². The van der Waals surface area contributed by atoms with Gasteiger partial charge < -0.3 is 10.0 Å². The molecular weight excluding hydrogens is 174 g/mol. The van der Waals surface area contributed by atoms with Crippen LogP contribution in [0.3, 0.4) is 0 Å². The maximum Gasteiger partial charge on any atom is 0.0558 e. The molecule has 1 saturated heterocycles. The zero-order chi connectivity index (χ0) is 9.86. The van der Waals surface area contributed by atoms with Gasteiger partial charge in [-0.1, -0.05) is 12.2 Å². The van der Waals surface area contributed by atoms with E-state index in [0.29, 0.717) is 12.0 Å². The number of piperidine rings is 1. The Labute approximate surface area is 86.6 Å². The van der Waals surface area contributed by atoms with E-state index < -0.39 is 0 Å². The molecule has 1 unspecified atom stereocenters. The number of nitrogens with zero attached hydrogens (tertiary/aromatic N) is 1. The molecule has 2 rings (SSSR count). The molecule has 1 aliphatic heterocycles. The summed E-state index contributed by atoms with van der Waals surface area (Å²) in [6, 6.07) is 0. The van der Waals surface area contributed by atoms with E-state index in [0.717, 1.165) is 6.54 Å². The summed E-state index contributed by atoms with van der Waals surface area (Å²) in [6.07, 6.45) is 11.4. The fraction of sp³-hybridized carbons (Fsp3) is 0.833. The van der Waals surface area contributed by atoms with Crippen LogP contribution in [0.1, 0.15) is 32.1 Å². The van der Waals surface area contributed by atoms with Crippen LogP contribution in [0.15, 0.2) is 12.2 Å². The van der Waals surface area contributed by atoms with E-state index in [9.17, 15) is 0 Å². The summed E-state index contributed by atoms with van der Waals surface area (Å²) in [5.41, 5.74) is 0.464. The number of hydrogen-bond donors (Lipinski definition) is 1. The second-order valence-electron chi connectivity index (χ2n) is 4.76. The molecule has 14 heavy (non-hydrogen) atoms. The van der Waals surface area contributed by atoms with Crippen LogP contribution in [0.4, 0.5) is 0 Å². The van der Waals surface area contributed by atoms with Crippen molar-refractivity contribution in [2.24, 2.45) is 5.41 Å². The number of aliphatic hydroxyl groups is 1. The Bertz CT molecular complexity index is 212. The van der Waals surface area contributed by atoms with Crippen molar-refractivity contribution in [3.05, 3.63) is 12.2 Å². The molecule has 2 aliphatic rings. The molecule has 1 aliphatic carbocycles. The maximum absolute atomic E-state index is 8.95. The van der Waals surface area contributed by atoms with Crippen LogP contribution < -0.4 is 0 Å². The monoisotopic (exact) mass is 195 g/mol. The summed E-state index contributed by atoms with van der Waals surface area (Å²) < 4.78 is 0. The molecule has 0 saturated carbocycles. The Balaban J connectivity index is 1.98. The first kappa shape index (κ1) is 10.2. The minimum absolute atomic E-state index is 0.305. The number of aliphatic hydroxyl groups excluding tert-OH is 1. The zero-order valence-corrected chi connectivity index (χ0v) is 8.91. The van der Waals surface area contributed by atoms with Gasteiger partial charge in [0.1, 0.15) is 0 Å². The van der Waals surface area contributed by atoms with Gasteiger partial charge in [-0.15, -0.1) is 0 Å². The lowest BCUT2D eigenvalue weighted by molar-refractivity contribution is 0.0940. The third-order valence-electron chi connectivity index (χ3n) is 3.62. The first-order chi connectivity index (χ1) is 6.85. The van der Waals surface area contributed by atoms with E-state index >= 15 is 0 Å². The van der Waals surface area contributed by atoms with E-state index in [4.69, 9.17) is 5.11 Å². The lowest BCUT2D eigenvalue weighted by Crippen LogP contribution is -2.43. The normalized spacial score (nSPS) is 33.8. The van der Waals surface area contributed by atoms with Gasteiger partial charge in [0.05, 0.1) is 6.61 Å². The molecule has 2 nitrogen and oxygen atoms in total. The van der Waals surface area contributed by atoms with E-state index in [1.54, 1.807) is 0 Å². The van der Waals surface area contributed by atoms with Gasteiger partial charge in [-0.25, -0.2) is 0 Å². The number of rotatable bonds is 2. The standard InChI is InChI=1S/C12H21NO/c14-10-9-13-8-4-7-12(11-13)5-2-1-3-6-12/h2,5,14H,1,3-4,6-11H2. The average molecular weight is 195 g/mol. The predicted octanol–water partition coefficient (Wildman–Crippen LogP) is 1.80. The Morgan fingerprint density at radius 3 is 2.86 bits per heavy atom. The van der Waals surface area contributed by atoms with Crippen LogP contribution in [0, 0.1) is 5.41 Å². The van der Waals surface area contributed by atoms with Crippen molar-refractivity contribution in [2.75, 3.05) is 26.2 Å². The second kappa shape index (κ2) is 4.45. The Morgan fingerprint density at radius 2 is 2.14 bits per heavy atom. The van der Waals surface area contributed by atoms with Crippen molar-refractivity contribution in [3.63, 3.8) is 0 Å². The molecule has 2 heteroatoms. The van der Waals surface area contributed by atoms with Gasteiger partial charge in [0, 0.05) is 18.5 Å². The molecule has 0 bridgehead atoms. The summed E-state index contributed by atoms with van der Waals surface area (Å²) in [4.78, 5) is 2.42. The molecule has 80 valence electrons. The van der Waals surface area contributed by atoms with Gasteiger partial charge >= 0.3 is 0 Å². The van der Waals surface area contributed by atoms with Crippen LogP contribution in [0.5, 0.6) is 0 Å². The molecule has 0 aromatic rings. The molecule has 0 amide bonds. The summed E-state index contributed by atoms with van der Waals surface area (Å²) >= 11 is 0. The molecule has 1 heterocycles. The molecule has 1 fully saturated rings. The molecule has 1 spiro atoms. The highest BCUT2D eigenvalue weighted by Crippen LogP contribution is 2.38. The minimum Gasteiger partial charge on any atom is -0.395 e. The Hall–Kier alpha value is -0.340. The number of allylic oxidation sites excluding steroid dienone is 1. The molecule has 0 aromatic carbocycles. The minimum atomic E-state index is 0.305. The van der Waals surface area contributed by atoms with Gasteiger partial charge in [-0.2, -0.15) is 0 Å². The van der Waals surface area contributed by atoms with Crippen molar-refractivity contribution < 1.29 is 5.11 Å². The first-order valence-electron chi connectivity index (χ1n) is 5.86. The third kappa shape index (κ3) is 2.18. The van der Waals surface area contributed by atoms with Crippen LogP contribution in [-0.2, 0) is 0 Å². The lowest BCUT2D eigenvalue weighted by atomic mass is 9.73. The Morgan fingerprint density at radius 1 is 1.29 bits per heavy atom. The van der Waals surface area contributed by atoms with Gasteiger partial charge in [-0.3, -0.25) is 0 Å². The summed E-state index contributed by atoms with van der Waals surface area (Å²) in [6.45, 7) is 3.51. The van der Waals surface area contributed by atoms with E-state index in [1.165, 1.54) is 45.2 Å². The fourth-order valence-electron chi connectivity index (χ4n) is 2.92. The third-order valence-corrected chi connectivity index (χ3v) is 3.62. The van der Waals surface area contributed by atoms with Crippen molar-refractivity contribution in [2.45, 2.75) is 32.1 Å². The topological polar surface area (TPSA) is 23.5 Å². The van der Waals surface area contributed by atoms with Crippen molar-refractivity contribution in [1.29, 1.82) is 0 Å². The van der Waals surface area contributed by atoms with E-state index in [2.05, 4.69) is 17.1 Å². The highest BCUT2D eigenvalue weighted by molar-refractivity contribution is 5.06. The van der Waals surface area contributed by atoms with Crippen molar-refractivity contribution >= 4 is 0 Å². The maximum atomic E-state index is 8.95. The number of hydrogen-bond acceptors (Lipinski definition) is 2. The lowest BCUT2D eigenvalue weighted by Gasteiger charge is -2.42. The predicted molar refractivity (Wildman–Crippen MR) is 58.2 cm³/mol. The molecule has 1 N–H and O–H groups in total. The van der Waals surface area contributed by atoms with Crippen molar-refractivity contribution in [3.8, 4) is 0 Å². The smallest absolute Gasteiger partial charge is 0.0558 e. The van der Waals surface area contributed by atoms with Crippen LogP contribution in [0.2, 0.25) is 0 Å². The SMILES string of the molecule is OCCN1CCCC2(C=CCCC2)C1. The first-order valence-corrected chi connectivity index (χ1v) is 5.86. The summed E-state index contributed by atoms with van der Waals surface area (Å²) in [5, 5.41) is 8.95. The Kier molecular flexibility index (Phi) is 3.24. The largest absolute Gasteiger partial charge is 0.395 e. The molecule has 1 atom stereocenters. The van der Waals surface area contributed by atoms with Crippen LogP contribution in [-0.4, -0.2) is 36.2 Å². The number of likely N-dealkylation sites (tertiary alicyclic amines) is 1. The molecule has 0 aromatic heterocycles. The van der Waals surface area contributed by atoms with E-state index in [1.807, 2.05) is 0 Å². The van der Waals surface area contributed by atoms with Crippen molar-refractivity contribution in [1.82, 2.24) is 4.90 Å². The molecular formula is C12H21NO. The fourth-order valence-corrected chi connectivity index (χ4v) is 2.92. The summed E-state index contributed by atoms with van der Waals surface area (Å²) in [5.74, 6) is 0. The summed E-state index contributed by atoms with van der Waals surface area (Å²) in [7, 11) is 0. The van der Waals surface area contributed by atoms with Gasteiger partial charge in [0.25, 0.3) is 0 Å². The highest BCUT2D eigenvalue weighted by atomic mass is 16.3. The highest BCUT2D eigenvalue weighted by Gasteiger charge is 2.33. The van der Waals surface area contributed by atoms with Crippen LogP contribution >= 0.6 is 0 Å².